The average molecular weight is 232 g/mol. The van der Waals surface area contributed by atoms with Crippen molar-refractivity contribution in [3.63, 3.8) is 0 Å². The van der Waals surface area contributed by atoms with Gasteiger partial charge in [0, 0.05) is 12.0 Å². The molecule has 0 atom stereocenters. The van der Waals surface area contributed by atoms with E-state index in [1.165, 1.54) is 6.07 Å². The summed E-state index contributed by atoms with van der Waals surface area (Å²) in [5.74, 6) is -0.580. The summed E-state index contributed by atoms with van der Waals surface area (Å²) >= 11 is 0. The van der Waals surface area contributed by atoms with Gasteiger partial charge in [-0.3, -0.25) is 9.59 Å². The third-order valence-electron chi connectivity index (χ3n) is 2.50. The maximum Gasteiger partial charge on any atom is 0.200 e. The second kappa shape index (κ2) is 4.05. The Bertz CT molecular complexity index is 637. The highest BCUT2D eigenvalue weighted by atomic mass is 16.3. The maximum atomic E-state index is 11.8. The Morgan fingerprint density at radius 3 is 2.71 bits per heavy atom. The third kappa shape index (κ3) is 1.93. The van der Waals surface area contributed by atoms with E-state index in [1.807, 2.05) is 0 Å². The average Bonchev–Trinajstić information content (AvgIpc) is 2.27. The van der Waals surface area contributed by atoms with Crippen molar-refractivity contribution >= 4 is 16.8 Å². The van der Waals surface area contributed by atoms with Crippen molar-refractivity contribution in [3.8, 4) is 5.75 Å². The van der Waals surface area contributed by atoms with Crippen LogP contribution < -0.4 is 5.43 Å². The summed E-state index contributed by atoms with van der Waals surface area (Å²) in [7, 11) is 0. The van der Waals surface area contributed by atoms with E-state index < -0.39 is 5.43 Å². The van der Waals surface area contributed by atoms with Crippen molar-refractivity contribution in [1.82, 2.24) is 0 Å². The highest BCUT2D eigenvalue weighted by Gasteiger charge is 2.16. The van der Waals surface area contributed by atoms with Crippen molar-refractivity contribution in [2.45, 2.75) is 13.8 Å². The molecule has 0 unspecified atom stereocenters. The van der Waals surface area contributed by atoms with Gasteiger partial charge in [-0.15, -0.1) is 0 Å². The van der Waals surface area contributed by atoms with Gasteiger partial charge in [0.15, 0.2) is 11.2 Å². The molecule has 0 aliphatic carbocycles. The highest BCUT2D eigenvalue weighted by molar-refractivity contribution is 5.96. The van der Waals surface area contributed by atoms with Gasteiger partial charge in [0.1, 0.15) is 16.7 Å². The molecule has 0 radical (unpaired) electrons. The minimum absolute atomic E-state index is 0.0306. The summed E-state index contributed by atoms with van der Waals surface area (Å²) in [5, 5.41) is 9.65. The molecule has 0 aliphatic rings. The molecule has 2 rings (SSSR count). The number of carbonyl (C=O) groups is 1. The van der Waals surface area contributed by atoms with Crippen LogP contribution in [0.4, 0.5) is 0 Å². The second-order valence-corrected chi connectivity index (χ2v) is 4.14. The molecule has 0 fully saturated rings. The van der Waals surface area contributed by atoms with E-state index in [1.54, 1.807) is 26.0 Å². The molecule has 1 heterocycles. The number of ketones is 1. The van der Waals surface area contributed by atoms with Gasteiger partial charge in [-0.2, -0.15) is 0 Å². The lowest BCUT2D eigenvalue weighted by molar-refractivity contribution is 0.0912. The Morgan fingerprint density at radius 2 is 2.06 bits per heavy atom. The summed E-state index contributed by atoms with van der Waals surface area (Å²) in [4.78, 5) is 23.5. The van der Waals surface area contributed by atoms with Crippen LogP contribution in [0, 0.1) is 5.92 Å². The fourth-order valence-corrected chi connectivity index (χ4v) is 1.60. The van der Waals surface area contributed by atoms with Crippen molar-refractivity contribution in [3.05, 3.63) is 40.2 Å². The van der Waals surface area contributed by atoms with Crippen LogP contribution in [0.15, 0.2) is 33.5 Å². The zero-order chi connectivity index (χ0) is 12.6. The molecule has 0 spiro atoms. The molecular weight excluding hydrogens is 220 g/mol. The van der Waals surface area contributed by atoms with E-state index in [-0.39, 0.29) is 34.2 Å². The van der Waals surface area contributed by atoms with E-state index in [0.29, 0.717) is 0 Å². The van der Waals surface area contributed by atoms with E-state index in [4.69, 9.17) is 4.42 Å². The Hall–Kier alpha value is -2.10. The number of phenolic OH excluding ortho intramolecular Hbond substituents is 1. The standard InChI is InChI=1S/C13H12O4/c1-7(2)13(16)11-6-9(15)12-8(14)4-3-5-10(12)17-11/h3-7,14H,1-2H3. The van der Waals surface area contributed by atoms with Gasteiger partial charge in [0.2, 0.25) is 5.78 Å². The number of hydrogen-bond acceptors (Lipinski definition) is 4. The van der Waals surface area contributed by atoms with Crippen LogP contribution in [0.1, 0.15) is 24.4 Å². The molecule has 4 heteroatoms. The van der Waals surface area contributed by atoms with Crippen LogP contribution in [0.5, 0.6) is 5.75 Å². The zero-order valence-electron chi connectivity index (χ0n) is 9.56. The fraction of sp³-hybridized carbons (Fsp3) is 0.231. The SMILES string of the molecule is CC(C)C(=O)c1cc(=O)c2c(O)cccc2o1. The Kier molecular flexibility index (Phi) is 2.71. The van der Waals surface area contributed by atoms with Crippen LogP contribution in [-0.4, -0.2) is 10.9 Å². The van der Waals surface area contributed by atoms with E-state index >= 15 is 0 Å². The predicted molar refractivity (Wildman–Crippen MR) is 63.3 cm³/mol. The molecule has 4 nitrogen and oxygen atoms in total. The van der Waals surface area contributed by atoms with E-state index in [9.17, 15) is 14.7 Å². The number of benzene rings is 1. The first-order chi connectivity index (χ1) is 8.00. The predicted octanol–water partition coefficient (Wildman–Crippen LogP) is 2.34. The number of hydrogen-bond donors (Lipinski definition) is 1. The summed E-state index contributed by atoms with van der Waals surface area (Å²) in [5.41, 5.74) is -0.185. The normalized spacial score (nSPS) is 11.0. The molecule has 0 amide bonds. The summed E-state index contributed by atoms with van der Waals surface area (Å²) in [6.45, 7) is 3.46. The lowest BCUT2D eigenvalue weighted by atomic mass is 10.1. The summed E-state index contributed by atoms with van der Waals surface area (Å²) in [6, 6.07) is 5.64. The maximum absolute atomic E-state index is 11.8. The lowest BCUT2D eigenvalue weighted by Gasteiger charge is -2.05. The number of fused-ring (bicyclic) bond motifs is 1. The van der Waals surface area contributed by atoms with Gasteiger partial charge >= 0.3 is 0 Å². The first-order valence-corrected chi connectivity index (χ1v) is 5.30. The third-order valence-corrected chi connectivity index (χ3v) is 2.50. The number of phenols is 1. The molecule has 0 saturated heterocycles. The molecule has 0 bridgehead atoms. The van der Waals surface area contributed by atoms with Gasteiger partial charge in [0.05, 0.1) is 0 Å². The minimum Gasteiger partial charge on any atom is -0.507 e. The molecule has 2 aromatic rings. The monoisotopic (exact) mass is 232 g/mol. The molecular formula is C13H12O4. The Labute approximate surface area is 97.5 Å². The second-order valence-electron chi connectivity index (χ2n) is 4.14. The molecule has 88 valence electrons. The molecule has 17 heavy (non-hydrogen) atoms. The molecule has 0 aliphatic heterocycles. The summed E-state index contributed by atoms with van der Waals surface area (Å²) < 4.78 is 5.34. The van der Waals surface area contributed by atoms with Crippen LogP contribution >= 0.6 is 0 Å². The van der Waals surface area contributed by atoms with Crippen molar-refractivity contribution < 1.29 is 14.3 Å². The topological polar surface area (TPSA) is 67.5 Å². The van der Waals surface area contributed by atoms with Crippen LogP contribution in [0.25, 0.3) is 11.0 Å². The fourth-order valence-electron chi connectivity index (χ4n) is 1.60. The quantitative estimate of drug-likeness (QED) is 0.807. The smallest absolute Gasteiger partial charge is 0.200 e. The number of carbonyl (C=O) groups excluding carboxylic acids is 1. The molecule has 0 saturated carbocycles. The van der Waals surface area contributed by atoms with Gasteiger partial charge in [-0.1, -0.05) is 19.9 Å². The van der Waals surface area contributed by atoms with Crippen molar-refractivity contribution in [2.24, 2.45) is 5.92 Å². The molecule has 1 N–H and O–H groups in total. The van der Waals surface area contributed by atoms with Gasteiger partial charge < -0.3 is 9.52 Å². The van der Waals surface area contributed by atoms with Crippen LogP contribution in [-0.2, 0) is 0 Å². The van der Waals surface area contributed by atoms with Gasteiger partial charge in [-0.25, -0.2) is 0 Å². The van der Waals surface area contributed by atoms with Crippen molar-refractivity contribution in [1.29, 1.82) is 0 Å². The Morgan fingerprint density at radius 1 is 1.35 bits per heavy atom. The zero-order valence-corrected chi connectivity index (χ0v) is 9.56. The lowest BCUT2D eigenvalue weighted by Crippen LogP contribution is -2.11. The highest BCUT2D eigenvalue weighted by Crippen LogP contribution is 2.22. The minimum atomic E-state index is -0.409. The number of rotatable bonds is 2. The summed E-state index contributed by atoms with van der Waals surface area (Å²) in [6.07, 6.45) is 0. The number of Topliss-reactive ketones (excluding diaryl/α,β-unsaturated/α-hetero) is 1. The van der Waals surface area contributed by atoms with Crippen LogP contribution in [0.3, 0.4) is 0 Å². The van der Waals surface area contributed by atoms with Crippen molar-refractivity contribution in [2.75, 3.05) is 0 Å². The molecule has 1 aromatic heterocycles. The van der Waals surface area contributed by atoms with Gasteiger partial charge in [0.25, 0.3) is 0 Å². The van der Waals surface area contributed by atoms with Gasteiger partial charge in [-0.05, 0) is 12.1 Å². The van der Waals surface area contributed by atoms with E-state index in [0.717, 1.165) is 6.07 Å². The number of aromatic hydroxyl groups is 1. The first-order valence-electron chi connectivity index (χ1n) is 5.30. The van der Waals surface area contributed by atoms with E-state index in [2.05, 4.69) is 0 Å². The Balaban J connectivity index is 2.73. The van der Waals surface area contributed by atoms with Crippen LogP contribution in [0.2, 0.25) is 0 Å². The molecule has 1 aromatic carbocycles. The largest absolute Gasteiger partial charge is 0.507 e. The first kappa shape index (κ1) is 11.4.